The topological polar surface area (TPSA) is 58.6 Å². The molecule has 0 aromatic heterocycles. The van der Waals surface area contributed by atoms with Crippen LogP contribution in [0.2, 0.25) is 5.02 Å². The first kappa shape index (κ1) is 24.3. The van der Waals surface area contributed by atoms with E-state index in [4.69, 9.17) is 16.3 Å². The van der Waals surface area contributed by atoms with Crippen LogP contribution in [-0.2, 0) is 29.0 Å². The molecule has 2 amide bonds. The van der Waals surface area contributed by atoms with E-state index in [0.717, 1.165) is 17.5 Å². The number of benzene rings is 3. The minimum absolute atomic E-state index is 0.182. The average molecular weight is 465 g/mol. The molecule has 0 aliphatic heterocycles. The number of hydrogen-bond donors (Lipinski definition) is 1. The maximum atomic E-state index is 13.4. The first-order valence-electron chi connectivity index (χ1n) is 11.0. The van der Waals surface area contributed by atoms with Gasteiger partial charge in [0.1, 0.15) is 11.8 Å². The third-order valence-electron chi connectivity index (χ3n) is 5.51. The fraction of sp³-hybridized carbons (Fsp3) is 0.259. The number of nitrogens with zero attached hydrogens (tertiary/aromatic N) is 1. The fourth-order valence-electron chi connectivity index (χ4n) is 3.58. The Kier molecular flexibility index (Phi) is 8.90. The van der Waals surface area contributed by atoms with Crippen molar-refractivity contribution >= 4 is 23.4 Å². The van der Waals surface area contributed by atoms with E-state index < -0.39 is 6.04 Å². The van der Waals surface area contributed by atoms with Crippen LogP contribution in [0.3, 0.4) is 0 Å². The summed E-state index contributed by atoms with van der Waals surface area (Å²) >= 11 is 6.38. The molecule has 0 aliphatic rings. The maximum absolute atomic E-state index is 13.4. The van der Waals surface area contributed by atoms with Gasteiger partial charge in [-0.15, -0.1) is 0 Å². The van der Waals surface area contributed by atoms with Crippen LogP contribution in [-0.4, -0.2) is 36.4 Å². The number of carbonyl (C=O) groups excluding carboxylic acids is 2. The molecule has 3 aromatic carbocycles. The van der Waals surface area contributed by atoms with Gasteiger partial charge in [0.25, 0.3) is 5.91 Å². The molecule has 3 aromatic rings. The molecular formula is C27H29ClN2O3. The van der Waals surface area contributed by atoms with Gasteiger partial charge in [0.05, 0.1) is 0 Å². The molecule has 1 atom stereocenters. The number of halogens is 1. The van der Waals surface area contributed by atoms with E-state index >= 15 is 0 Å². The van der Waals surface area contributed by atoms with Gasteiger partial charge in [0.2, 0.25) is 5.91 Å². The summed E-state index contributed by atoms with van der Waals surface area (Å²) in [5, 5.41) is 3.24. The van der Waals surface area contributed by atoms with E-state index in [1.54, 1.807) is 18.0 Å². The summed E-state index contributed by atoms with van der Waals surface area (Å²) in [6.45, 7) is 2.09. The summed E-state index contributed by atoms with van der Waals surface area (Å²) in [5.41, 5.74) is 2.91. The molecule has 33 heavy (non-hydrogen) atoms. The molecule has 0 saturated heterocycles. The molecule has 0 fully saturated rings. The lowest BCUT2D eigenvalue weighted by Gasteiger charge is -2.31. The van der Waals surface area contributed by atoms with Crippen LogP contribution in [0, 0.1) is 0 Å². The molecule has 3 rings (SSSR count). The van der Waals surface area contributed by atoms with Gasteiger partial charge in [-0.1, -0.05) is 79.2 Å². The minimum atomic E-state index is -0.716. The van der Waals surface area contributed by atoms with Crippen LogP contribution in [0.15, 0.2) is 78.9 Å². The van der Waals surface area contributed by atoms with E-state index in [1.165, 1.54) is 5.56 Å². The fourth-order valence-corrected chi connectivity index (χ4v) is 3.78. The van der Waals surface area contributed by atoms with Gasteiger partial charge >= 0.3 is 0 Å². The van der Waals surface area contributed by atoms with Crippen molar-refractivity contribution in [2.45, 2.75) is 32.4 Å². The highest BCUT2D eigenvalue weighted by molar-refractivity contribution is 6.31. The highest BCUT2D eigenvalue weighted by Gasteiger charge is 2.30. The molecule has 0 aliphatic carbocycles. The minimum Gasteiger partial charge on any atom is -0.484 e. The number of amides is 2. The number of aryl methyl sites for hydroxylation is 1. The molecule has 0 saturated carbocycles. The Balaban J connectivity index is 1.86. The quantitative estimate of drug-likeness (QED) is 0.474. The smallest absolute Gasteiger partial charge is 0.261 e. The molecule has 172 valence electrons. The Morgan fingerprint density at radius 2 is 1.61 bits per heavy atom. The van der Waals surface area contributed by atoms with E-state index in [0.29, 0.717) is 17.2 Å². The van der Waals surface area contributed by atoms with Crippen LogP contribution < -0.4 is 10.1 Å². The molecular weight excluding hydrogens is 436 g/mol. The standard InChI is InChI=1S/C27H29ClN2O3/c1-3-20-13-15-23(16-14-20)33-19-26(31)30(18-22-11-7-8-12-24(22)28)25(27(32)29-2)17-21-9-5-4-6-10-21/h4-16,25H,3,17-19H2,1-2H3,(H,29,32)/t25-/m1/s1. The molecule has 0 unspecified atom stereocenters. The summed E-state index contributed by atoms with van der Waals surface area (Å²) in [6.07, 6.45) is 1.31. The number of likely N-dealkylation sites (N-methyl/N-ethyl adjacent to an activating group) is 1. The molecule has 0 heterocycles. The van der Waals surface area contributed by atoms with E-state index in [1.807, 2.05) is 72.8 Å². The Bertz CT molecular complexity index is 1050. The highest BCUT2D eigenvalue weighted by atomic mass is 35.5. The Morgan fingerprint density at radius 3 is 2.24 bits per heavy atom. The van der Waals surface area contributed by atoms with E-state index in [2.05, 4.69) is 12.2 Å². The summed E-state index contributed by atoms with van der Waals surface area (Å²) in [7, 11) is 1.57. The largest absolute Gasteiger partial charge is 0.484 e. The van der Waals surface area contributed by atoms with Crippen molar-refractivity contribution in [1.29, 1.82) is 0 Å². The average Bonchev–Trinajstić information content (AvgIpc) is 2.86. The van der Waals surface area contributed by atoms with Crippen LogP contribution in [0.1, 0.15) is 23.6 Å². The number of ether oxygens (including phenoxy) is 1. The normalized spacial score (nSPS) is 11.5. The second-order valence-corrected chi connectivity index (χ2v) is 8.13. The molecule has 0 spiro atoms. The second kappa shape index (κ2) is 12.1. The third-order valence-corrected chi connectivity index (χ3v) is 5.88. The Labute approximate surface area is 200 Å². The van der Waals surface area contributed by atoms with Crippen molar-refractivity contribution in [1.82, 2.24) is 10.2 Å². The van der Waals surface area contributed by atoms with Gasteiger partial charge in [0.15, 0.2) is 6.61 Å². The van der Waals surface area contributed by atoms with Gasteiger partial charge in [-0.3, -0.25) is 9.59 Å². The van der Waals surface area contributed by atoms with Gasteiger partial charge < -0.3 is 15.0 Å². The van der Waals surface area contributed by atoms with Crippen molar-refractivity contribution in [3.8, 4) is 5.75 Å². The lowest BCUT2D eigenvalue weighted by atomic mass is 10.0. The predicted molar refractivity (Wildman–Crippen MR) is 131 cm³/mol. The lowest BCUT2D eigenvalue weighted by Crippen LogP contribution is -2.51. The van der Waals surface area contributed by atoms with E-state index in [9.17, 15) is 9.59 Å². The van der Waals surface area contributed by atoms with Crippen molar-refractivity contribution in [3.63, 3.8) is 0 Å². The molecule has 5 nitrogen and oxygen atoms in total. The predicted octanol–water partition coefficient (Wildman–Crippen LogP) is 4.67. The molecule has 0 bridgehead atoms. The van der Waals surface area contributed by atoms with Crippen LogP contribution in [0.5, 0.6) is 5.75 Å². The van der Waals surface area contributed by atoms with Crippen molar-refractivity contribution in [3.05, 3.63) is 101 Å². The monoisotopic (exact) mass is 464 g/mol. The molecule has 1 N–H and O–H groups in total. The summed E-state index contributed by atoms with van der Waals surface area (Å²) in [5.74, 6) is 0.0726. The lowest BCUT2D eigenvalue weighted by molar-refractivity contribution is -0.142. The Morgan fingerprint density at radius 1 is 0.939 bits per heavy atom. The van der Waals surface area contributed by atoms with Crippen LogP contribution in [0.25, 0.3) is 0 Å². The van der Waals surface area contributed by atoms with E-state index in [-0.39, 0.29) is 25.0 Å². The zero-order valence-corrected chi connectivity index (χ0v) is 19.7. The zero-order valence-electron chi connectivity index (χ0n) is 19.0. The van der Waals surface area contributed by atoms with Gasteiger partial charge in [0, 0.05) is 25.0 Å². The first-order valence-corrected chi connectivity index (χ1v) is 11.4. The number of nitrogens with one attached hydrogen (secondary N) is 1. The highest BCUT2D eigenvalue weighted by Crippen LogP contribution is 2.21. The van der Waals surface area contributed by atoms with Crippen molar-refractivity contribution in [2.24, 2.45) is 0 Å². The third kappa shape index (κ3) is 6.83. The zero-order chi connectivity index (χ0) is 23.6. The first-order chi connectivity index (χ1) is 16.0. The summed E-state index contributed by atoms with van der Waals surface area (Å²) in [6, 6.07) is 23.9. The van der Waals surface area contributed by atoms with Crippen molar-refractivity contribution in [2.75, 3.05) is 13.7 Å². The maximum Gasteiger partial charge on any atom is 0.261 e. The van der Waals surface area contributed by atoms with Gasteiger partial charge in [-0.2, -0.15) is 0 Å². The van der Waals surface area contributed by atoms with Gasteiger partial charge in [-0.05, 0) is 41.3 Å². The Hall–Kier alpha value is -3.31. The number of hydrogen-bond acceptors (Lipinski definition) is 3. The van der Waals surface area contributed by atoms with Gasteiger partial charge in [-0.25, -0.2) is 0 Å². The number of carbonyl (C=O) groups is 2. The molecule has 6 heteroatoms. The summed E-state index contributed by atoms with van der Waals surface area (Å²) < 4.78 is 5.77. The SMILES string of the molecule is CCc1ccc(OCC(=O)N(Cc2ccccc2Cl)[C@H](Cc2ccccc2)C(=O)NC)cc1. The second-order valence-electron chi connectivity index (χ2n) is 7.72. The van der Waals surface area contributed by atoms with Crippen molar-refractivity contribution < 1.29 is 14.3 Å². The molecule has 0 radical (unpaired) electrons. The van der Waals surface area contributed by atoms with Crippen LogP contribution >= 0.6 is 11.6 Å². The van der Waals surface area contributed by atoms with Crippen LogP contribution in [0.4, 0.5) is 0 Å². The summed E-state index contributed by atoms with van der Waals surface area (Å²) in [4.78, 5) is 27.8. The number of rotatable bonds is 10.